The van der Waals surface area contributed by atoms with E-state index in [0.29, 0.717) is 29.7 Å². The molecule has 0 spiro atoms. The van der Waals surface area contributed by atoms with Gasteiger partial charge in [0.25, 0.3) is 0 Å². The van der Waals surface area contributed by atoms with Gasteiger partial charge in [0, 0.05) is 24.0 Å². The molecule has 0 aromatic heterocycles. The van der Waals surface area contributed by atoms with Crippen molar-refractivity contribution in [2.75, 3.05) is 17.6 Å². The minimum absolute atomic E-state index is 0.0903. The van der Waals surface area contributed by atoms with E-state index in [1.807, 2.05) is 6.07 Å². The normalized spacial score (nSPS) is 14.4. The summed E-state index contributed by atoms with van der Waals surface area (Å²) in [5, 5.41) is 6.66. The maximum Gasteiger partial charge on any atom is 0.221 e. The second-order valence-electron chi connectivity index (χ2n) is 4.25. The van der Waals surface area contributed by atoms with Crippen LogP contribution in [0.4, 0.5) is 11.4 Å². The largest absolute Gasteiger partial charge is 0.397 e. The Labute approximate surface area is 106 Å². The lowest BCUT2D eigenvalue weighted by atomic mass is 10.2. The fourth-order valence-corrected chi connectivity index (χ4v) is 1.71. The highest BCUT2D eigenvalue weighted by molar-refractivity contribution is 6.31. The first kappa shape index (κ1) is 12.0. The Morgan fingerprint density at radius 1 is 1.47 bits per heavy atom. The minimum Gasteiger partial charge on any atom is -0.397 e. The van der Waals surface area contributed by atoms with Crippen molar-refractivity contribution in [1.29, 1.82) is 0 Å². The molecule has 0 bridgehead atoms. The molecule has 1 aliphatic carbocycles. The number of nitrogens with two attached hydrogens (primary N) is 1. The van der Waals surface area contributed by atoms with Crippen LogP contribution >= 0.6 is 11.6 Å². The van der Waals surface area contributed by atoms with Gasteiger partial charge in [-0.25, -0.2) is 0 Å². The lowest BCUT2D eigenvalue weighted by molar-refractivity contribution is -0.120. The maximum absolute atomic E-state index is 11.4. The third-order valence-electron chi connectivity index (χ3n) is 2.62. The lowest BCUT2D eigenvalue weighted by Crippen LogP contribution is -2.27. The first-order chi connectivity index (χ1) is 8.15. The van der Waals surface area contributed by atoms with Crippen molar-refractivity contribution in [2.45, 2.75) is 25.3 Å². The van der Waals surface area contributed by atoms with Crippen molar-refractivity contribution >= 4 is 28.9 Å². The summed E-state index contributed by atoms with van der Waals surface area (Å²) in [6.45, 7) is 0.574. The molecule has 0 atom stereocenters. The number of nitrogens with one attached hydrogen (secondary N) is 2. The van der Waals surface area contributed by atoms with Crippen LogP contribution in [0.5, 0.6) is 0 Å². The Bertz CT molecular complexity index is 418. The summed E-state index contributed by atoms with van der Waals surface area (Å²) in [4.78, 5) is 11.4. The van der Waals surface area contributed by atoms with Gasteiger partial charge >= 0.3 is 0 Å². The monoisotopic (exact) mass is 253 g/mol. The zero-order valence-corrected chi connectivity index (χ0v) is 10.3. The van der Waals surface area contributed by atoms with E-state index in [9.17, 15) is 4.79 Å². The number of hydrogen-bond donors (Lipinski definition) is 3. The number of carbonyl (C=O) groups is 1. The van der Waals surface area contributed by atoms with Crippen LogP contribution in [0.3, 0.4) is 0 Å². The summed E-state index contributed by atoms with van der Waals surface area (Å²) in [7, 11) is 0. The highest BCUT2D eigenvalue weighted by atomic mass is 35.5. The number of hydrogen-bond acceptors (Lipinski definition) is 3. The summed E-state index contributed by atoms with van der Waals surface area (Å²) in [5.74, 6) is 0.0903. The highest BCUT2D eigenvalue weighted by Gasteiger charge is 2.22. The molecule has 5 heteroatoms. The van der Waals surface area contributed by atoms with E-state index in [4.69, 9.17) is 17.3 Å². The molecule has 17 heavy (non-hydrogen) atoms. The van der Waals surface area contributed by atoms with Crippen molar-refractivity contribution < 1.29 is 4.79 Å². The average molecular weight is 254 g/mol. The average Bonchev–Trinajstić information content (AvgIpc) is 3.05. The quantitative estimate of drug-likeness (QED) is 0.703. The van der Waals surface area contributed by atoms with Crippen molar-refractivity contribution in [3.8, 4) is 0 Å². The molecule has 0 aliphatic heterocycles. The molecular weight excluding hydrogens is 238 g/mol. The fourth-order valence-electron chi connectivity index (χ4n) is 1.53. The van der Waals surface area contributed by atoms with Gasteiger partial charge in [-0.05, 0) is 31.0 Å². The molecular formula is C12H16ClN3O. The van der Waals surface area contributed by atoms with Gasteiger partial charge in [0.2, 0.25) is 5.91 Å². The number of anilines is 2. The van der Waals surface area contributed by atoms with Gasteiger partial charge < -0.3 is 16.4 Å². The number of halogens is 1. The molecule has 1 aliphatic rings. The molecule has 1 aromatic carbocycles. The molecule has 92 valence electrons. The van der Waals surface area contributed by atoms with Gasteiger partial charge in [-0.3, -0.25) is 4.79 Å². The van der Waals surface area contributed by atoms with Crippen LogP contribution in [-0.2, 0) is 4.79 Å². The number of carbonyl (C=O) groups excluding carboxylic acids is 1. The van der Waals surface area contributed by atoms with Crippen molar-refractivity contribution in [3.63, 3.8) is 0 Å². The van der Waals surface area contributed by atoms with Crippen LogP contribution in [0, 0.1) is 0 Å². The zero-order chi connectivity index (χ0) is 12.3. The Balaban J connectivity index is 1.75. The number of nitrogen functional groups attached to an aromatic ring is 1. The molecule has 0 saturated heterocycles. The van der Waals surface area contributed by atoms with Crippen molar-refractivity contribution in [3.05, 3.63) is 23.2 Å². The van der Waals surface area contributed by atoms with E-state index >= 15 is 0 Å². The van der Waals surface area contributed by atoms with E-state index in [1.54, 1.807) is 12.1 Å². The molecule has 1 amide bonds. The zero-order valence-electron chi connectivity index (χ0n) is 9.50. The van der Waals surface area contributed by atoms with Crippen LogP contribution in [-0.4, -0.2) is 18.5 Å². The van der Waals surface area contributed by atoms with Crippen LogP contribution in [0.1, 0.15) is 19.3 Å². The third-order valence-corrected chi connectivity index (χ3v) is 2.86. The van der Waals surface area contributed by atoms with Crippen LogP contribution in [0.25, 0.3) is 0 Å². The molecule has 0 unspecified atom stereocenters. The van der Waals surface area contributed by atoms with Gasteiger partial charge in [0.05, 0.1) is 11.4 Å². The summed E-state index contributed by atoms with van der Waals surface area (Å²) in [5.41, 5.74) is 7.19. The Hall–Kier alpha value is -1.42. The number of benzene rings is 1. The molecule has 1 fully saturated rings. The van der Waals surface area contributed by atoms with Crippen LogP contribution in [0.15, 0.2) is 18.2 Å². The highest BCUT2D eigenvalue weighted by Crippen LogP contribution is 2.22. The lowest BCUT2D eigenvalue weighted by Gasteiger charge is -2.09. The van der Waals surface area contributed by atoms with E-state index in [0.717, 1.165) is 18.5 Å². The molecule has 1 aromatic rings. The van der Waals surface area contributed by atoms with Crippen LogP contribution < -0.4 is 16.4 Å². The van der Waals surface area contributed by atoms with Crippen molar-refractivity contribution in [1.82, 2.24) is 5.32 Å². The summed E-state index contributed by atoms with van der Waals surface area (Å²) in [6.07, 6.45) is 2.69. The topological polar surface area (TPSA) is 67.1 Å². The summed E-state index contributed by atoms with van der Waals surface area (Å²) >= 11 is 5.79. The van der Waals surface area contributed by atoms with E-state index in [-0.39, 0.29) is 5.91 Å². The van der Waals surface area contributed by atoms with Gasteiger partial charge in [-0.1, -0.05) is 11.6 Å². The molecule has 4 nitrogen and oxygen atoms in total. The Morgan fingerprint density at radius 3 is 2.88 bits per heavy atom. The first-order valence-electron chi connectivity index (χ1n) is 5.73. The second-order valence-corrected chi connectivity index (χ2v) is 4.69. The third kappa shape index (κ3) is 3.82. The fraction of sp³-hybridized carbons (Fsp3) is 0.417. The predicted octanol–water partition coefficient (Wildman–Crippen LogP) is 2.00. The van der Waals surface area contributed by atoms with E-state index in [1.165, 1.54) is 0 Å². The van der Waals surface area contributed by atoms with Crippen LogP contribution in [0.2, 0.25) is 5.02 Å². The van der Waals surface area contributed by atoms with Gasteiger partial charge in [-0.2, -0.15) is 0 Å². The summed E-state index contributed by atoms with van der Waals surface area (Å²) in [6, 6.07) is 5.69. The van der Waals surface area contributed by atoms with E-state index in [2.05, 4.69) is 10.6 Å². The molecule has 0 radical (unpaired) electrons. The maximum atomic E-state index is 11.4. The number of rotatable bonds is 5. The first-order valence-corrected chi connectivity index (χ1v) is 6.11. The Kier molecular flexibility index (Phi) is 3.74. The molecule has 0 heterocycles. The van der Waals surface area contributed by atoms with Gasteiger partial charge in [-0.15, -0.1) is 0 Å². The minimum atomic E-state index is 0.0903. The standard InChI is InChI=1S/C12H16ClN3O/c13-8-1-4-11(10(14)7-8)15-6-5-12(17)16-9-2-3-9/h1,4,7,9,15H,2-3,5-6,14H2,(H,16,17). The van der Waals surface area contributed by atoms with Gasteiger partial charge in [0.15, 0.2) is 0 Å². The second kappa shape index (κ2) is 5.27. The smallest absolute Gasteiger partial charge is 0.221 e. The van der Waals surface area contributed by atoms with E-state index < -0.39 is 0 Å². The molecule has 1 saturated carbocycles. The summed E-state index contributed by atoms with van der Waals surface area (Å²) < 4.78 is 0. The van der Waals surface area contributed by atoms with Gasteiger partial charge in [0.1, 0.15) is 0 Å². The SMILES string of the molecule is Nc1cc(Cl)ccc1NCCC(=O)NC1CC1. The number of amides is 1. The molecule has 4 N–H and O–H groups in total. The Morgan fingerprint density at radius 2 is 2.24 bits per heavy atom. The van der Waals surface area contributed by atoms with Crippen molar-refractivity contribution in [2.24, 2.45) is 0 Å². The molecule has 2 rings (SSSR count). The predicted molar refractivity (Wildman–Crippen MR) is 70.1 cm³/mol.